The molecule has 0 radical (unpaired) electrons. The van der Waals surface area contributed by atoms with Gasteiger partial charge in [0.15, 0.2) is 0 Å². The number of rotatable bonds is 6. The molecular weight excluding hydrogens is 260 g/mol. The molecule has 1 aromatic rings. The number of aromatic nitrogens is 1. The molecule has 1 heterocycles. The Labute approximate surface area is 127 Å². The Morgan fingerprint density at radius 2 is 2.05 bits per heavy atom. The largest absolute Gasteiger partial charge is 0.481 e. The summed E-state index contributed by atoms with van der Waals surface area (Å²) in [5, 5.41) is 3.68. The molecule has 3 nitrogen and oxygen atoms in total. The van der Waals surface area contributed by atoms with E-state index in [1.54, 1.807) is 12.7 Å². The molecular formula is C18H26N2O. The Kier molecular flexibility index (Phi) is 4.91. The molecule has 2 saturated carbocycles. The quantitative estimate of drug-likeness (QED) is 0.863. The van der Waals surface area contributed by atoms with Crippen LogP contribution in [0.25, 0.3) is 6.08 Å². The fraction of sp³-hybridized carbons (Fsp3) is 0.611. The van der Waals surface area contributed by atoms with Gasteiger partial charge in [-0.15, -0.1) is 0 Å². The average molecular weight is 286 g/mol. The van der Waals surface area contributed by atoms with Crippen molar-refractivity contribution in [2.45, 2.75) is 51.0 Å². The van der Waals surface area contributed by atoms with Crippen molar-refractivity contribution >= 4 is 6.08 Å². The molecule has 0 aromatic carbocycles. The van der Waals surface area contributed by atoms with Crippen molar-refractivity contribution in [1.29, 1.82) is 0 Å². The molecule has 114 valence electrons. The number of hydrogen-bond acceptors (Lipinski definition) is 3. The van der Waals surface area contributed by atoms with E-state index >= 15 is 0 Å². The van der Waals surface area contributed by atoms with Gasteiger partial charge < -0.3 is 10.1 Å². The Bertz CT molecular complexity index is 470. The first-order chi connectivity index (χ1) is 10.3. The molecule has 0 aliphatic heterocycles. The van der Waals surface area contributed by atoms with Crippen LogP contribution in [0.4, 0.5) is 0 Å². The Balaban J connectivity index is 1.72. The van der Waals surface area contributed by atoms with Gasteiger partial charge in [-0.05, 0) is 43.2 Å². The van der Waals surface area contributed by atoms with E-state index in [1.165, 1.54) is 50.5 Å². The van der Waals surface area contributed by atoms with E-state index in [4.69, 9.17) is 4.74 Å². The van der Waals surface area contributed by atoms with Crippen LogP contribution in [0.15, 0.2) is 23.9 Å². The van der Waals surface area contributed by atoms with Crippen LogP contribution in [-0.2, 0) is 0 Å². The van der Waals surface area contributed by atoms with Crippen LogP contribution in [0.1, 0.15) is 50.5 Å². The normalized spacial score (nSPS) is 20.5. The molecule has 21 heavy (non-hydrogen) atoms. The molecule has 1 N–H and O–H groups in total. The molecule has 3 heteroatoms. The lowest BCUT2D eigenvalue weighted by Crippen LogP contribution is -2.24. The van der Waals surface area contributed by atoms with Gasteiger partial charge in [0.2, 0.25) is 5.88 Å². The van der Waals surface area contributed by atoms with Crippen molar-refractivity contribution in [1.82, 2.24) is 10.3 Å². The van der Waals surface area contributed by atoms with Crippen LogP contribution < -0.4 is 10.1 Å². The van der Waals surface area contributed by atoms with Crippen molar-refractivity contribution in [3.05, 3.63) is 29.5 Å². The predicted molar refractivity (Wildman–Crippen MR) is 86.4 cm³/mol. The summed E-state index contributed by atoms with van der Waals surface area (Å²) in [6.07, 6.45) is 13.8. The number of pyridine rings is 1. The highest BCUT2D eigenvalue weighted by Crippen LogP contribution is 2.31. The zero-order valence-electron chi connectivity index (χ0n) is 13.0. The second-order valence-electron chi connectivity index (χ2n) is 6.34. The van der Waals surface area contributed by atoms with E-state index in [9.17, 15) is 0 Å². The van der Waals surface area contributed by atoms with E-state index < -0.39 is 0 Å². The maximum absolute atomic E-state index is 5.13. The molecule has 0 bridgehead atoms. The summed E-state index contributed by atoms with van der Waals surface area (Å²) >= 11 is 0. The highest BCUT2D eigenvalue weighted by atomic mass is 16.5. The SMILES string of the molecule is COc1ccc(/C=C(/CNC2CC2)C2CCCCC2)cn1. The monoisotopic (exact) mass is 286 g/mol. The van der Waals surface area contributed by atoms with Crippen molar-refractivity contribution in [2.24, 2.45) is 5.92 Å². The number of ether oxygens (including phenoxy) is 1. The second-order valence-corrected chi connectivity index (χ2v) is 6.34. The number of nitrogens with one attached hydrogen (secondary N) is 1. The van der Waals surface area contributed by atoms with Gasteiger partial charge in [-0.3, -0.25) is 0 Å². The zero-order chi connectivity index (χ0) is 14.5. The van der Waals surface area contributed by atoms with Gasteiger partial charge in [0.1, 0.15) is 0 Å². The van der Waals surface area contributed by atoms with Gasteiger partial charge in [-0.1, -0.05) is 30.9 Å². The topological polar surface area (TPSA) is 34.1 Å². The number of methoxy groups -OCH3 is 1. The zero-order valence-corrected chi connectivity index (χ0v) is 13.0. The maximum Gasteiger partial charge on any atom is 0.212 e. The highest BCUT2D eigenvalue weighted by Gasteiger charge is 2.23. The molecule has 2 aliphatic carbocycles. The first-order valence-electron chi connectivity index (χ1n) is 8.29. The first kappa shape index (κ1) is 14.6. The van der Waals surface area contributed by atoms with Gasteiger partial charge in [0, 0.05) is 24.8 Å². The van der Waals surface area contributed by atoms with Gasteiger partial charge >= 0.3 is 0 Å². The summed E-state index contributed by atoms with van der Waals surface area (Å²) in [7, 11) is 1.66. The summed E-state index contributed by atoms with van der Waals surface area (Å²) in [5.74, 6) is 1.44. The lowest BCUT2D eigenvalue weighted by atomic mass is 9.83. The number of hydrogen-bond donors (Lipinski definition) is 1. The van der Waals surface area contributed by atoms with E-state index in [2.05, 4.69) is 22.4 Å². The van der Waals surface area contributed by atoms with Gasteiger partial charge in [0.05, 0.1) is 7.11 Å². The minimum Gasteiger partial charge on any atom is -0.481 e. The Hall–Kier alpha value is -1.35. The van der Waals surface area contributed by atoms with Gasteiger partial charge in [0.25, 0.3) is 0 Å². The summed E-state index contributed by atoms with van der Waals surface area (Å²) in [6, 6.07) is 4.82. The molecule has 0 amide bonds. The minimum atomic E-state index is 0.683. The van der Waals surface area contributed by atoms with Gasteiger partial charge in [-0.2, -0.15) is 0 Å². The van der Waals surface area contributed by atoms with Gasteiger partial charge in [-0.25, -0.2) is 4.98 Å². The van der Waals surface area contributed by atoms with E-state index in [1.807, 2.05) is 12.3 Å². The summed E-state index contributed by atoms with van der Waals surface area (Å²) < 4.78 is 5.13. The van der Waals surface area contributed by atoms with Crippen LogP contribution in [0.5, 0.6) is 5.88 Å². The van der Waals surface area contributed by atoms with Crippen LogP contribution >= 0.6 is 0 Å². The second kappa shape index (κ2) is 7.08. The molecule has 0 saturated heterocycles. The highest BCUT2D eigenvalue weighted by molar-refractivity contribution is 5.53. The summed E-state index contributed by atoms with van der Waals surface area (Å²) in [6.45, 7) is 1.04. The van der Waals surface area contributed by atoms with Crippen molar-refractivity contribution < 1.29 is 4.74 Å². The first-order valence-corrected chi connectivity index (χ1v) is 8.29. The lowest BCUT2D eigenvalue weighted by molar-refractivity contribution is 0.396. The molecule has 0 atom stereocenters. The predicted octanol–water partition coefficient (Wildman–Crippen LogP) is 3.81. The average Bonchev–Trinajstić information content (AvgIpc) is 3.37. The van der Waals surface area contributed by atoms with E-state index in [-0.39, 0.29) is 0 Å². The smallest absolute Gasteiger partial charge is 0.212 e. The van der Waals surface area contributed by atoms with E-state index in [0.717, 1.165) is 18.5 Å². The van der Waals surface area contributed by atoms with Crippen LogP contribution in [0.2, 0.25) is 0 Å². The third-order valence-electron chi connectivity index (χ3n) is 4.62. The maximum atomic E-state index is 5.13. The fourth-order valence-electron chi connectivity index (χ4n) is 3.15. The third-order valence-corrected chi connectivity index (χ3v) is 4.62. The molecule has 1 aromatic heterocycles. The molecule has 0 spiro atoms. The summed E-state index contributed by atoms with van der Waals surface area (Å²) in [5.41, 5.74) is 2.75. The van der Waals surface area contributed by atoms with Crippen LogP contribution in [-0.4, -0.2) is 24.7 Å². The van der Waals surface area contributed by atoms with Crippen LogP contribution in [0.3, 0.4) is 0 Å². The molecule has 2 fully saturated rings. The Morgan fingerprint density at radius 3 is 2.67 bits per heavy atom. The third kappa shape index (κ3) is 4.31. The standard InChI is InChI=1S/C18H26N2O/c1-21-18-10-7-14(12-20-18)11-16(13-19-17-8-9-17)15-5-3-2-4-6-15/h7,10-12,15,17,19H,2-6,8-9,13H2,1H3/b16-11-. The molecule has 0 unspecified atom stereocenters. The molecule has 2 aliphatic rings. The van der Waals surface area contributed by atoms with Crippen molar-refractivity contribution in [2.75, 3.05) is 13.7 Å². The number of nitrogens with zero attached hydrogens (tertiary/aromatic N) is 1. The Morgan fingerprint density at radius 1 is 1.24 bits per heavy atom. The fourth-order valence-corrected chi connectivity index (χ4v) is 3.15. The van der Waals surface area contributed by atoms with Crippen molar-refractivity contribution in [3.8, 4) is 5.88 Å². The van der Waals surface area contributed by atoms with E-state index in [0.29, 0.717) is 5.88 Å². The van der Waals surface area contributed by atoms with Crippen molar-refractivity contribution in [3.63, 3.8) is 0 Å². The molecule has 3 rings (SSSR count). The van der Waals surface area contributed by atoms with Crippen LogP contribution in [0, 0.1) is 5.92 Å². The summed E-state index contributed by atoms with van der Waals surface area (Å²) in [4.78, 5) is 4.32. The lowest BCUT2D eigenvalue weighted by Gasteiger charge is -2.25. The minimum absolute atomic E-state index is 0.683.